The van der Waals surface area contributed by atoms with Crippen LogP contribution in [0.15, 0.2) is 83.5 Å². The van der Waals surface area contributed by atoms with Gasteiger partial charge in [-0.25, -0.2) is 9.79 Å². The smallest absolute Gasteiger partial charge is 0.363 e. The average Bonchev–Trinajstić information content (AvgIpc) is 3.15. The zero-order valence-corrected chi connectivity index (χ0v) is 17.6. The van der Waals surface area contributed by atoms with Crippen molar-refractivity contribution in [1.82, 2.24) is 0 Å². The van der Waals surface area contributed by atoms with Gasteiger partial charge in [0.15, 0.2) is 5.70 Å². The highest BCUT2D eigenvalue weighted by atomic mass is 35.5. The Morgan fingerprint density at radius 3 is 2.32 bits per heavy atom. The van der Waals surface area contributed by atoms with Crippen molar-refractivity contribution in [3.63, 3.8) is 0 Å². The fraction of sp³-hybridized carbons (Fsp3) is 0.120. The average molecular weight is 434 g/mol. The number of cyclic esters (lactones) is 1. The largest absolute Gasteiger partial charge is 0.490 e. The van der Waals surface area contributed by atoms with E-state index < -0.39 is 5.97 Å². The van der Waals surface area contributed by atoms with Gasteiger partial charge in [-0.3, -0.25) is 0 Å². The van der Waals surface area contributed by atoms with Gasteiger partial charge in [-0.05, 0) is 66.6 Å². The fourth-order valence-electron chi connectivity index (χ4n) is 2.96. The number of halogens is 1. The third kappa shape index (κ3) is 5.32. The van der Waals surface area contributed by atoms with Crippen LogP contribution in [-0.4, -0.2) is 25.1 Å². The third-order valence-electron chi connectivity index (χ3n) is 4.57. The van der Waals surface area contributed by atoms with Crippen LogP contribution < -0.4 is 9.47 Å². The highest BCUT2D eigenvalue weighted by Crippen LogP contribution is 2.22. The van der Waals surface area contributed by atoms with Crippen LogP contribution in [0, 0.1) is 6.92 Å². The van der Waals surface area contributed by atoms with E-state index in [1.165, 1.54) is 0 Å². The molecule has 0 aromatic heterocycles. The molecule has 0 saturated heterocycles. The molecule has 4 rings (SSSR count). The Hall–Kier alpha value is -3.57. The zero-order valence-electron chi connectivity index (χ0n) is 16.9. The van der Waals surface area contributed by atoms with Gasteiger partial charge in [0.05, 0.1) is 0 Å². The lowest BCUT2D eigenvalue weighted by atomic mass is 10.2. The van der Waals surface area contributed by atoms with Crippen molar-refractivity contribution >= 4 is 29.5 Å². The Labute approximate surface area is 185 Å². The molecule has 0 fully saturated rings. The number of hydrogen-bond donors (Lipinski definition) is 0. The van der Waals surface area contributed by atoms with Crippen LogP contribution in [-0.2, 0) is 9.53 Å². The first-order chi connectivity index (χ1) is 15.1. The molecule has 0 spiro atoms. The SMILES string of the molecule is Cc1cc(OCCOc2ccc(C=C3N=C(c4ccccc4)OC3=O)cc2)ccc1Cl. The molecule has 1 heterocycles. The normalized spacial score (nSPS) is 14.3. The van der Waals surface area contributed by atoms with Gasteiger partial charge < -0.3 is 14.2 Å². The molecule has 1 aliphatic heterocycles. The molecule has 0 unspecified atom stereocenters. The van der Waals surface area contributed by atoms with E-state index in [2.05, 4.69) is 4.99 Å². The molecule has 0 amide bonds. The van der Waals surface area contributed by atoms with E-state index >= 15 is 0 Å². The van der Waals surface area contributed by atoms with Gasteiger partial charge >= 0.3 is 5.97 Å². The van der Waals surface area contributed by atoms with E-state index in [1.54, 1.807) is 6.08 Å². The monoisotopic (exact) mass is 433 g/mol. The van der Waals surface area contributed by atoms with Crippen molar-refractivity contribution in [2.75, 3.05) is 13.2 Å². The lowest BCUT2D eigenvalue weighted by molar-refractivity contribution is -0.129. The summed E-state index contributed by atoms with van der Waals surface area (Å²) in [5.74, 6) is 1.31. The van der Waals surface area contributed by atoms with Crippen molar-refractivity contribution in [2.24, 2.45) is 4.99 Å². The van der Waals surface area contributed by atoms with Gasteiger partial charge in [0, 0.05) is 10.6 Å². The van der Waals surface area contributed by atoms with Crippen molar-refractivity contribution < 1.29 is 19.0 Å². The molecule has 156 valence electrons. The Morgan fingerprint density at radius 2 is 1.61 bits per heavy atom. The number of carbonyl (C=O) groups excluding carboxylic acids is 1. The Balaban J connectivity index is 1.32. The Bertz CT molecular complexity index is 1140. The van der Waals surface area contributed by atoms with Gasteiger partial charge in [0.25, 0.3) is 0 Å². The van der Waals surface area contributed by atoms with Crippen LogP contribution in [0.1, 0.15) is 16.7 Å². The molecule has 0 radical (unpaired) electrons. The van der Waals surface area contributed by atoms with Crippen molar-refractivity contribution in [2.45, 2.75) is 6.92 Å². The summed E-state index contributed by atoms with van der Waals surface area (Å²) in [6, 6.07) is 22.2. The second-order valence-corrected chi connectivity index (χ2v) is 7.29. The van der Waals surface area contributed by atoms with E-state index in [4.69, 9.17) is 25.8 Å². The van der Waals surface area contributed by atoms with Crippen LogP contribution in [0.3, 0.4) is 0 Å². The second-order valence-electron chi connectivity index (χ2n) is 6.88. The number of nitrogens with zero attached hydrogens (tertiary/aromatic N) is 1. The standard InChI is InChI=1S/C25H20ClNO4/c1-17-15-21(11-12-22(17)26)30-14-13-29-20-9-7-18(8-10-20)16-23-25(28)31-24(27-23)19-5-3-2-4-6-19/h2-12,15-16H,13-14H2,1H3. The van der Waals surface area contributed by atoms with Crippen LogP contribution in [0.4, 0.5) is 0 Å². The van der Waals surface area contributed by atoms with Gasteiger partial charge in [-0.2, -0.15) is 0 Å². The molecule has 5 nitrogen and oxygen atoms in total. The molecule has 0 saturated carbocycles. The summed E-state index contributed by atoms with van der Waals surface area (Å²) >= 11 is 6.01. The van der Waals surface area contributed by atoms with E-state index in [-0.39, 0.29) is 5.70 Å². The highest BCUT2D eigenvalue weighted by Gasteiger charge is 2.23. The molecule has 3 aromatic carbocycles. The number of aliphatic imine (C=N–C) groups is 1. The van der Waals surface area contributed by atoms with Crippen molar-refractivity contribution in [3.8, 4) is 11.5 Å². The van der Waals surface area contributed by atoms with Gasteiger partial charge in [-0.15, -0.1) is 0 Å². The van der Waals surface area contributed by atoms with Crippen molar-refractivity contribution in [1.29, 1.82) is 0 Å². The predicted octanol–water partition coefficient (Wildman–Crippen LogP) is 5.45. The number of hydrogen-bond acceptors (Lipinski definition) is 5. The summed E-state index contributed by atoms with van der Waals surface area (Å²) in [6.07, 6.45) is 1.69. The van der Waals surface area contributed by atoms with Gasteiger partial charge in [-0.1, -0.05) is 41.9 Å². The molecule has 0 atom stereocenters. The molecule has 0 N–H and O–H groups in total. The Morgan fingerprint density at radius 1 is 0.935 bits per heavy atom. The fourth-order valence-corrected chi connectivity index (χ4v) is 3.08. The minimum Gasteiger partial charge on any atom is -0.490 e. The quantitative estimate of drug-likeness (QED) is 0.282. The first-order valence-corrected chi connectivity index (χ1v) is 10.2. The molecule has 3 aromatic rings. The summed E-state index contributed by atoms with van der Waals surface area (Å²) in [6.45, 7) is 2.75. The first kappa shape index (κ1) is 20.7. The van der Waals surface area contributed by atoms with Gasteiger partial charge in [0.2, 0.25) is 5.90 Å². The third-order valence-corrected chi connectivity index (χ3v) is 5.00. The lowest BCUT2D eigenvalue weighted by Gasteiger charge is -2.09. The number of carbonyl (C=O) groups is 1. The van der Waals surface area contributed by atoms with Crippen LogP contribution in [0.25, 0.3) is 6.08 Å². The van der Waals surface area contributed by atoms with Crippen LogP contribution in [0.2, 0.25) is 5.02 Å². The second kappa shape index (κ2) is 9.49. The van der Waals surface area contributed by atoms with Crippen LogP contribution >= 0.6 is 11.6 Å². The molecule has 6 heteroatoms. The minimum absolute atomic E-state index is 0.263. The summed E-state index contributed by atoms with van der Waals surface area (Å²) in [5.41, 5.74) is 2.82. The first-order valence-electron chi connectivity index (χ1n) is 9.78. The zero-order chi connectivity index (χ0) is 21.6. The molecular formula is C25H20ClNO4. The number of rotatable bonds is 7. The number of esters is 1. The van der Waals surface area contributed by atoms with E-state index in [0.29, 0.717) is 29.9 Å². The number of aryl methyl sites for hydroxylation is 1. The number of ether oxygens (including phenoxy) is 3. The summed E-state index contributed by atoms with van der Waals surface area (Å²) in [4.78, 5) is 16.4. The molecular weight excluding hydrogens is 414 g/mol. The summed E-state index contributed by atoms with van der Waals surface area (Å²) in [7, 11) is 0. The summed E-state index contributed by atoms with van der Waals surface area (Å²) in [5, 5.41) is 0.714. The molecule has 1 aliphatic rings. The predicted molar refractivity (Wildman–Crippen MR) is 121 cm³/mol. The van der Waals surface area contributed by atoms with E-state index in [9.17, 15) is 4.79 Å². The van der Waals surface area contributed by atoms with Gasteiger partial charge in [0.1, 0.15) is 24.7 Å². The maximum absolute atomic E-state index is 12.1. The van der Waals surface area contributed by atoms with E-state index in [0.717, 1.165) is 22.4 Å². The summed E-state index contributed by atoms with van der Waals surface area (Å²) < 4.78 is 16.7. The lowest BCUT2D eigenvalue weighted by Crippen LogP contribution is -2.09. The van der Waals surface area contributed by atoms with Crippen LogP contribution in [0.5, 0.6) is 11.5 Å². The molecule has 0 bridgehead atoms. The maximum atomic E-state index is 12.1. The minimum atomic E-state index is -0.464. The Kier molecular flexibility index (Phi) is 6.34. The number of benzene rings is 3. The molecule has 31 heavy (non-hydrogen) atoms. The maximum Gasteiger partial charge on any atom is 0.363 e. The molecule has 0 aliphatic carbocycles. The topological polar surface area (TPSA) is 57.1 Å². The highest BCUT2D eigenvalue weighted by molar-refractivity contribution is 6.31. The van der Waals surface area contributed by atoms with E-state index in [1.807, 2.05) is 79.7 Å². The van der Waals surface area contributed by atoms with Crippen molar-refractivity contribution in [3.05, 3.63) is 100 Å².